The third-order valence-corrected chi connectivity index (χ3v) is 13.3. The first-order chi connectivity index (χ1) is 31.5. The van der Waals surface area contributed by atoms with Crippen LogP contribution in [0.1, 0.15) is 5.56 Å². The van der Waals surface area contributed by atoms with Crippen LogP contribution in [0.25, 0.3) is 82.5 Å². The molecule has 13 rings (SSSR count). The van der Waals surface area contributed by atoms with E-state index in [0.29, 0.717) is 6.67 Å². The highest BCUT2D eigenvalue weighted by atomic mass is 16.5. The van der Waals surface area contributed by atoms with E-state index in [-0.39, 0.29) is 0 Å². The average Bonchev–Trinajstić information content (AvgIpc) is 4.05. The van der Waals surface area contributed by atoms with E-state index in [4.69, 9.17) is 14.7 Å². The van der Waals surface area contributed by atoms with Gasteiger partial charge in [-0.1, -0.05) is 84.9 Å². The number of rotatable bonds is 6. The number of ether oxygens (including phenoxy) is 1. The molecular weight excluding hydrogens is 787 g/mol. The molecular formula is C56H41N7O. The fourth-order valence-electron chi connectivity index (χ4n) is 10.4. The number of hydrogen-bond acceptors (Lipinski definition) is 5. The highest BCUT2D eigenvalue weighted by Gasteiger charge is 2.33. The first kappa shape index (κ1) is 36.3. The molecule has 0 spiro atoms. The summed E-state index contributed by atoms with van der Waals surface area (Å²) in [6, 6.07) is 60.1. The lowest BCUT2D eigenvalue weighted by Crippen LogP contribution is -2.25. The summed E-state index contributed by atoms with van der Waals surface area (Å²) in [5.41, 5.74) is 15.7. The van der Waals surface area contributed by atoms with Crippen LogP contribution in [0.5, 0.6) is 11.5 Å². The van der Waals surface area contributed by atoms with Gasteiger partial charge in [0.2, 0.25) is 0 Å². The van der Waals surface area contributed by atoms with Crippen LogP contribution in [0.4, 0.5) is 22.7 Å². The Morgan fingerprint density at radius 2 is 1.16 bits per heavy atom. The molecule has 64 heavy (non-hydrogen) atoms. The maximum Gasteiger partial charge on any atom is 0.137 e. The standard InChI is InChI=1S/C56H41N7O/c1-35-29-52(58-33-45(35)36-15-5-4-6-16-36)63-50-25-14-28-57-53(50)42-27-26-39(31-51(42)63)64-38-18-13-17-37(30-38)61-34-62(49-24-12-11-23-48(49)61)56-54-43(40-19-7-9-21-46(40)59(54)2)32-44-41-20-8-10-22-47(41)60(3)55(44)56/h4-33H,34H2,1-3H3. The number of pyridine rings is 2. The SMILES string of the molecule is Cc1cc(-n2c3cc(Oc4cccc(N5CN(c6c7c(cc8c9ccccc9n(C)c68)c6ccccc6n7C)c6ccccc65)c4)ccc3c3ncccc32)ncc1-c1ccccc1. The highest BCUT2D eigenvalue weighted by Crippen LogP contribution is 2.51. The topological polar surface area (TPSA) is 56.3 Å². The van der Waals surface area contributed by atoms with Crippen LogP contribution in [0.15, 0.2) is 182 Å². The number of aromatic nitrogens is 5. The molecule has 0 amide bonds. The van der Waals surface area contributed by atoms with E-state index in [9.17, 15) is 0 Å². The third-order valence-electron chi connectivity index (χ3n) is 13.3. The lowest BCUT2D eigenvalue weighted by molar-refractivity contribution is 0.483. The zero-order chi connectivity index (χ0) is 42.6. The van der Waals surface area contributed by atoms with Gasteiger partial charge in [0.05, 0.1) is 44.6 Å². The molecule has 0 unspecified atom stereocenters. The minimum Gasteiger partial charge on any atom is -0.457 e. The lowest BCUT2D eigenvalue weighted by atomic mass is 10.0. The van der Waals surface area contributed by atoms with Crippen LogP contribution in [0.3, 0.4) is 0 Å². The van der Waals surface area contributed by atoms with E-state index < -0.39 is 0 Å². The summed E-state index contributed by atoms with van der Waals surface area (Å²) in [7, 11) is 4.41. The van der Waals surface area contributed by atoms with Crippen LogP contribution < -0.4 is 14.5 Å². The Balaban J connectivity index is 0.906. The summed E-state index contributed by atoms with van der Waals surface area (Å²) in [6.07, 6.45) is 3.83. The molecule has 0 saturated heterocycles. The molecule has 5 aromatic heterocycles. The number of benzene rings is 7. The second-order valence-electron chi connectivity index (χ2n) is 16.9. The van der Waals surface area contributed by atoms with Gasteiger partial charge >= 0.3 is 0 Å². The Morgan fingerprint density at radius 3 is 1.89 bits per heavy atom. The Kier molecular flexibility index (Phi) is 7.84. The number of nitrogens with zero attached hydrogens (tertiary/aromatic N) is 7. The molecule has 0 aliphatic carbocycles. The van der Waals surface area contributed by atoms with Gasteiger partial charge in [-0.2, -0.15) is 0 Å². The van der Waals surface area contributed by atoms with Crippen molar-refractivity contribution in [3.8, 4) is 28.4 Å². The van der Waals surface area contributed by atoms with Crippen LogP contribution >= 0.6 is 0 Å². The van der Waals surface area contributed by atoms with Crippen LogP contribution in [0, 0.1) is 6.92 Å². The molecule has 1 aliphatic heterocycles. The summed E-state index contributed by atoms with van der Waals surface area (Å²) < 4.78 is 13.7. The van der Waals surface area contributed by atoms with Gasteiger partial charge in [0.25, 0.3) is 0 Å². The van der Waals surface area contributed by atoms with E-state index in [1.165, 1.54) is 49.3 Å². The Hall–Kier alpha value is -8.36. The number of aryl methyl sites for hydroxylation is 3. The van der Waals surface area contributed by atoms with Gasteiger partial charge in [0.1, 0.15) is 24.0 Å². The monoisotopic (exact) mass is 827 g/mol. The molecule has 12 aromatic rings. The molecule has 8 heteroatoms. The quantitative estimate of drug-likeness (QED) is 0.167. The fourth-order valence-corrected chi connectivity index (χ4v) is 10.4. The van der Waals surface area contributed by atoms with Crippen molar-refractivity contribution in [2.75, 3.05) is 16.5 Å². The van der Waals surface area contributed by atoms with Gasteiger partial charge in [-0.3, -0.25) is 9.55 Å². The molecule has 6 heterocycles. The minimum atomic E-state index is 0.620. The van der Waals surface area contributed by atoms with Gasteiger partial charge < -0.3 is 23.7 Å². The van der Waals surface area contributed by atoms with Crippen molar-refractivity contribution in [1.82, 2.24) is 23.7 Å². The smallest absolute Gasteiger partial charge is 0.137 e. The molecule has 0 fully saturated rings. The first-order valence-electron chi connectivity index (χ1n) is 21.7. The first-order valence-corrected chi connectivity index (χ1v) is 21.7. The van der Waals surface area contributed by atoms with E-state index in [1.54, 1.807) is 0 Å². The highest BCUT2D eigenvalue weighted by molar-refractivity contribution is 6.25. The zero-order valence-electron chi connectivity index (χ0n) is 35.6. The molecule has 0 N–H and O–H groups in total. The predicted octanol–water partition coefficient (Wildman–Crippen LogP) is 13.9. The average molecular weight is 828 g/mol. The second kappa shape index (κ2) is 13.8. The van der Waals surface area contributed by atoms with Gasteiger partial charge in [-0.25, -0.2) is 4.98 Å². The summed E-state index contributed by atoms with van der Waals surface area (Å²) in [5.74, 6) is 2.32. The number of para-hydroxylation sites is 4. The van der Waals surface area contributed by atoms with Crippen molar-refractivity contribution in [2.24, 2.45) is 14.1 Å². The molecule has 0 atom stereocenters. The van der Waals surface area contributed by atoms with Crippen LogP contribution in [0.2, 0.25) is 0 Å². The maximum atomic E-state index is 6.79. The molecule has 0 radical (unpaired) electrons. The van der Waals surface area contributed by atoms with Crippen LogP contribution in [-0.4, -0.2) is 30.3 Å². The van der Waals surface area contributed by atoms with Crippen LogP contribution in [-0.2, 0) is 14.1 Å². The summed E-state index contributed by atoms with van der Waals surface area (Å²) in [5, 5.41) is 6.06. The van der Waals surface area contributed by atoms with Gasteiger partial charge in [-0.05, 0) is 90.8 Å². The molecule has 0 bridgehead atoms. The van der Waals surface area contributed by atoms with E-state index >= 15 is 0 Å². The summed E-state index contributed by atoms with van der Waals surface area (Å²) >= 11 is 0. The molecule has 7 aromatic carbocycles. The lowest BCUT2D eigenvalue weighted by Gasteiger charge is -2.25. The third kappa shape index (κ3) is 5.29. The molecule has 0 saturated carbocycles. The Labute approximate surface area is 369 Å². The van der Waals surface area contributed by atoms with Gasteiger partial charge in [-0.15, -0.1) is 0 Å². The van der Waals surface area contributed by atoms with Crippen molar-refractivity contribution in [3.05, 3.63) is 188 Å². The van der Waals surface area contributed by atoms with Crippen molar-refractivity contribution < 1.29 is 4.74 Å². The Morgan fingerprint density at radius 1 is 0.500 bits per heavy atom. The minimum absolute atomic E-state index is 0.620. The van der Waals surface area contributed by atoms with Crippen molar-refractivity contribution in [1.29, 1.82) is 0 Å². The van der Waals surface area contributed by atoms with Crippen molar-refractivity contribution in [3.63, 3.8) is 0 Å². The molecule has 1 aliphatic rings. The molecule has 8 nitrogen and oxygen atoms in total. The van der Waals surface area contributed by atoms with E-state index in [2.05, 4.69) is 190 Å². The number of fused-ring (bicyclic) bond motifs is 10. The predicted molar refractivity (Wildman–Crippen MR) is 263 cm³/mol. The second-order valence-corrected chi connectivity index (χ2v) is 16.9. The van der Waals surface area contributed by atoms with E-state index in [1.807, 2.05) is 36.7 Å². The fraction of sp³-hybridized carbons (Fsp3) is 0.0714. The molecule has 306 valence electrons. The van der Waals surface area contributed by atoms with Gasteiger partial charge in [0.15, 0.2) is 0 Å². The number of hydrogen-bond donors (Lipinski definition) is 0. The maximum absolute atomic E-state index is 6.79. The normalized spacial score (nSPS) is 12.8. The van der Waals surface area contributed by atoms with Crippen molar-refractivity contribution >= 4 is 88.3 Å². The largest absolute Gasteiger partial charge is 0.457 e. The Bertz CT molecular complexity index is 3760. The van der Waals surface area contributed by atoms with Gasteiger partial charge in [0, 0.05) is 87.8 Å². The van der Waals surface area contributed by atoms with E-state index in [0.717, 1.165) is 73.0 Å². The summed E-state index contributed by atoms with van der Waals surface area (Å²) in [4.78, 5) is 14.8. The zero-order valence-corrected chi connectivity index (χ0v) is 35.6. The summed E-state index contributed by atoms with van der Waals surface area (Å²) in [6.45, 7) is 2.77. The number of anilines is 4. The van der Waals surface area contributed by atoms with Crippen molar-refractivity contribution in [2.45, 2.75) is 6.92 Å².